The zero-order valence-corrected chi connectivity index (χ0v) is 11.1. The van der Waals surface area contributed by atoms with Crippen LogP contribution in [0, 0.1) is 0 Å². The van der Waals surface area contributed by atoms with Gasteiger partial charge in [0.25, 0.3) is 0 Å². The number of nitrogens with one attached hydrogen (secondary N) is 1. The van der Waals surface area contributed by atoms with E-state index < -0.39 is 0 Å². The highest BCUT2D eigenvalue weighted by Crippen LogP contribution is 1.98. The molecule has 0 aliphatic rings. The summed E-state index contributed by atoms with van der Waals surface area (Å²) in [6.07, 6.45) is 11.0. The van der Waals surface area contributed by atoms with Crippen LogP contribution in [0.25, 0.3) is 0 Å². The van der Waals surface area contributed by atoms with Crippen LogP contribution in [-0.4, -0.2) is 13.1 Å². The predicted octanol–water partition coefficient (Wildman–Crippen LogP) is 3.85. The predicted molar refractivity (Wildman–Crippen MR) is 71.5 cm³/mol. The lowest BCUT2D eigenvalue weighted by molar-refractivity contribution is 0.564. The van der Waals surface area contributed by atoms with Gasteiger partial charge in [-0.3, -0.25) is 0 Å². The largest absolute Gasteiger partial charge is 0.317 e. The lowest BCUT2D eigenvalue weighted by Crippen LogP contribution is -2.16. The summed E-state index contributed by atoms with van der Waals surface area (Å²) in [4.78, 5) is 0. The molecule has 0 atom stereocenters. The summed E-state index contributed by atoms with van der Waals surface area (Å²) in [5.41, 5.74) is 0. The number of rotatable bonds is 10. The molecule has 0 saturated heterocycles. The fourth-order valence-corrected chi connectivity index (χ4v) is 1.48. The van der Waals surface area contributed by atoms with E-state index in [4.69, 9.17) is 0 Å². The van der Waals surface area contributed by atoms with Gasteiger partial charge in [0.15, 0.2) is 0 Å². The third kappa shape index (κ3) is 14.8. The smallest absolute Gasteiger partial charge is 0.00489 e. The fourth-order valence-electron chi connectivity index (χ4n) is 1.48. The van der Waals surface area contributed by atoms with E-state index in [0.29, 0.717) is 0 Å². The minimum Gasteiger partial charge on any atom is -0.317 e. The van der Waals surface area contributed by atoms with Crippen molar-refractivity contribution in [2.24, 2.45) is 0 Å². The Balaban J connectivity index is 0. The van der Waals surface area contributed by atoms with Crippen molar-refractivity contribution >= 4 is 13.5 Å². The molecule has 0 aromatic carbocycles. The van der Waals surface area contributed by atoms with E-state index in [1.807, 2.05) is 0 Å². The molecule has 0 aliphatic carbocycles. The van der Waals surface area contributed by atoms with Crippen LogP contribution in [0.4, 0.5) is 0 Å². The Labute approximate surface area is 97.5 Å². The normalized spacial score (nSPS) is 9.86. The Bertz CT molecular complexity index is 76.4. The Kier molecular flexibility index (Phi) is 18.8. The summed E-state index contributed by atoms with van der Waals surface area (Å²) >= 11 is 0. The van der Waals surface area contributed by atoms with E-state index in [1.165, 1.54) is 64.5 Å². The first kappa shape index (κ1) is 16.7. The topological polar surface area (TPSA) is 12.0 Å². The van der Waals surface area contributed by atoms with Crippen LogP contribution in [0.1, 0.15) is 65.2 Å². The molecule has 1 N–H and O–H groups in total. The van der Waals surface area contributed by atoms with Crippen LogP contribution in [0.5, 0.6) is 0 Å². The lowest BCUT2D eigenvalue weighted by atomic mass is 10.2. The van der Waals surface area contributed by atoms with Crippen molar-refractivity contribution in [1.82, 2.24) is 5.32 Å². The molecule has 0 aliphatic heterocycles. The Hall–Kier alpha value is 0.310. The summed E-state index contributed by atoms with van der Waals surface area (Å²) in [5.74, 6) is 0. The van der Waals surface area contributed by atoms with E-state index in [0.717, 1.165) is 0 Å². The van der Waals surface area contributed by atoms with Crippen LogP contribution in [0.15, 0.2) is 0 Å². The molecule has 14 heavy (non-hydrogen) atoms. The van der Waals surface area contributed by atoms with Crippen molar-refractivity contribution in [3.63, 3.8) is 0 Å². The Morgan fingerprint density at radius 1 is 0.643 bits per heavy atom. The molecular formula is C12H29NS. The monoisotopic (exact) mass is 219 g/mol. The fraction of sp³-hybridized carbons (Fsp3) is 1.00. The highest BCUT2D eigenvalue weighted by atomic mass is 32.1. The lowest BCUT2D eigenvalue weighted by Gasteiger charge is -2.03. The molecule has 0 rings (SSSR count). The Morgan fingerprint density at radius 2 is 1.07 bits per heavy atom. The maximum Gasteiger partial charge on any atom is -0.00489 e. The van der Waals surface area contributed by atoms with Crippen LogP contribution in [-0.2, 0) is 0 Å². The third-order valence-corrected chi connectivity index (χ3v) is 2.41. The first-order valence-electron chi connectivity index (χ1n) is 6.12. The van der Waals surface area contributed by atoms with Gasteiger partial charge in [-0.2, -0.15) is 13.5 Å². The molecule has 0 unspecified atom stereocenters. The van der Waals surface area contributed by atoms with Gasteiger partial charge in [0, 0.05) is 0 Å². The second kappa shape index (κ2) is 15.8. The van der Waals surface area contributed by atoms with Crippen LogP contribution in [0.3, 0.4) is 0 Å². The van der Waals surface area contributed by atoms with Gasteiger partial charge in [-0.25, -0.2) is 0 Å². The summed E-state index contributed by atoms with van der Waals surface area (Å²) < 4.78 is 0. The molecule has 0 saturated carbocycles. The molecule has 0 heterocycles. The average Bonchev–Trinajstić information content (AvgIpc) is 2.16. The van der Waals surface area contributed by atoms with Gasteiger partial charge in [-0.05, 0) is 25.9 Å². The van der Waals surface area contributed by atoms with Gasteiger partial charge in [0.05, 0.1) is 0 Å². The van der Waals surface area contributed by atoms with Gasteiger partial charge in [-0.1, -0.05) is 52.4 Å². The zero-order chi connectivity index (χ0) is 9.78. The summed E-state index contributed by atoms with van der Waals surface area (Å²) in [6, 6.07) is 0. The number of hydrogen-bond donors (Lipinski definition) is 1. The minimum absolute atomic E-state index is 0. The number of unbranched alkanes of at least 4 members (excludes halogenated alkanes) is 6. The first-order valence-corrected chi connectivity index (χ1v) is 6.12. The quantitative estimate of drug-likeness (QED) is 0.550. The molecule has 2 heteroatoms. The molecule has 0 amide bonds. The second-order valence-corrected chi connectivity index (χ2v) is 3.87. The van der Waals surface area contributed by atoms with E-state index in [2.05, 4.69) is 19.2 Å². The molecule has 0 fully saturated rings. The van der Waals surface area contributed by atoms with Crippen LogP contribution >= 0.6 is 13.5 Å². The van der Waals surface area contributed by atoms with Crippen molar-refractivity contribution in [1.29, 1.82) is 0 Å². The maximum absolute atomic E-state index is 3.50. The highest BCUT2D eigenvalue weighted by molar-refractivity contribution is 7.59. The molecule has 0 radical (unpaired) electrons. The third-order valence-electron chi connectivity index (χ3n) is 2.41. The summed E-state index contributed by atoms with van der Waals surface area (Å²) in [5, 5.41) is 3.50. The molecule has 0 spiro atoms. The van der Waals surface area contributed by atoms with E-state index >= 15 is 0 Å². The van der Waals surface area contributed by atoms with E-state index in [1.54, 1.807) is 0 Å². The van der Waals surface area contributed by atoms with Crippen LogP contribution in [0.2, 0.25) is 0 Å². The zero-order valence-electron chi connectivity index (χ0n) is 10.1. The van der Waals surface area contributed by atoms with Gasteiger partial charge in [0.2, 0.25) is 0 Å². The molecule has 88 valence electrons. The van der Waals surface area contributed by atoms with Crippen LogP contribution < -0.4 is 5.32 Å². The second-order valence-electron chi connectivity index (χ2n) is 3.87. The average molecular weight is 219 g/mol. The molecule has 0 aromatic rings. The molecular weight excluding hydrogens is 190 g/mol. The van der Waals surface area contributed by atoms with E-state index in [-0.39, 0.29) is 13.5 Å². The van der Waals surface area contributed by atoms with Gasteiger partial charge >= 0.3 is 0 Å². The highest BCUT2D eigenvalue weighted by Gasteiger charge is 1.89. The molecule has 0 bridgehead atoms. The van der Waals surface area contributed by atoms with Crippen molar-refractivity contribution in [3.05, 3.63) is 0 Å². The molecule has 1 nitrogen and oxygen atoms in total. The number of hydrogen-bond acceptors (Lipinski definition) is 1. The summed E-state index contributed by atoms with van der Waals surface area (Å²) in [6.45, 7) is 6.98. The van der Waals surface area contributed by atoms with Crippen molar-refractivity contribution in [2.75, 3.05) is 13.1 Å². The van der Waals surface area contributed by atoms with Crippen molar-refractivity contribution in [3.8, 4) is 0 Å². The standard InChI is InChI=1S/C12H27N.H2S/c1-3-5-7-9-11-13-12-10-8-6-4-2;/h13H,3-12H2,1-2H3;1H2. The molecule has 0 aromatic heterocycles. The van der Waals surface area contributed by atoms with Gasteiger partial charge in [-0.15, -0.1) is 0 Å². The van der Waals surface area contributed by atoms with E-state index in [9.17, 15) is 0 Å². The maximum atomic E-state index is 3.50. The summed E-state index contributed by atoms with van der Waals surface area (Å²) in [7, 11) is 0. The van der Waals surface area contributed by atoms with Crippen molar-refractivity contribution < 1.29 is 0 Å². The van der Waals surface area contributed by atoms with Gasteiger partial charge in [0.1, 0.15) is 0 Å². The minimum atomic E-state index is 0. The van der Waals surface area contributed by atoms with Gasteiger partial charge < -0.3 is 5.32 Å². The first-order chi connectivity index (χ1) is 6.41. The SMILES string of the molecule is CCCCCCNCCCCCC.S. The van der Waals surface area contributed by atoms with Crippen molar-refractivity contribution in [2.45, 2.75) is 65.2 Å². The Morgan fingerprint density at radius 3 is 1.43 bits per heavy atom.